The van der Waals surface area contributed by atoms with Gasteiger partial charge in [-0.3, -0.25) is 29.8 Å². The molecule has 0 saturated heterocycles. The fourth-order valence-corrected chi connectivity index (χ4v) is 2.98. The van der Waals surface area contributed by atoms with Gasteiger partial charge in [-0.05, 0) is 31.2 Å². The van der Waals surface area contributed by atoms with E-state index in [-0.39, 0.29) is 18.1 Å². The van der Waals surface area contributed by atoms with Gasteiger partial charge in [-0.1, -0.05) is 29.5 Å². The molecule has 2 heterocycles. The molecule has 4 rings (SSSR count). The fraction of sp³-hybridized carbons (Fsp3) is 0.158. The van der Waals surface area contributed by atoms with E-state index in [2.05, 4.69) is 26.1 Å². The van der Waals surface area contributed by atoms with Crippen LogP contribution in [0.15, 0.2) is 58.1 Å². The van der Waals surface area contributed by atoms with Crippen molar-refractivity contribution in [2.45, 2.75) is 20.0 Å². The van der Waals surface area contributed by atoms with E-state index in [4.69, 9.17) is 0 Å². The number of carbonyl (C=O) groups excluding carboxylic acids is 1. The van der Waals surface area contributed by atoms with Crippen LogP contribution in [0.1, 0.15) is 6.92 Å². The maximum Gasteiger partial charge on any atom is 0.278 e. The summed E-state index contributed by atoms with van der Waals surface area (Å²) < 4.78 is 2.38. The lowest BCUT2D eigenvalue weighted by Crippen LogP contribution is -2.39. The highest BCUT2D eigenvalue weighted by molar-refractivity contribution is 5.80. The van der Waals surface area contributed by atoms with Gasteiger partial charge in [-0.15, -0.1) is 5.10 Å². The molecule has 0 radical (unpaired) electrons. The van der Waals surface area contributed by atoms with E-state index in [1.165, 1.54) is 4.57 Å². The number of fused-ring (bicyclic) bond motifs is 2. The summed E-state index contributed by atoms with van der Waals surface area (Å²) in [6.45, 7) is 1.83. The Kier molecular flexibility index (Phi) is 4.73. The summed E-state index contributed by atoms with van der Waals surface area (Å²) in [6, 6.07) is 13.7. The van der Waals surface area contributed by atoms with Crippen LogP contribution in [-0.4, -0.2) is 30.5 Å². The Balaban J connectivity index is 1.55. The molecule has 0 aliphatic rings. The molecule has 10 heteroatoms. The Bertz CT molecular complexity index is 1340. The molecule has 0 aliphatic heterocycles. The van der Waals surface area contributed by atoms with Crippen molar-refractivity contribution >= 4 is 33.7 Å². The van der Waals surface area contributed by atoms with E-state index in [0.29, 0.717) is 28.4 Å². The zero-order valence-electron chi connectivity index (χ0n) is 15.5. The third-order valence-corrected chi connectivity index (χ3v) is 4.41. The van der Waals surface area contributed by atoms with Crippen molar-refractivity contribution in [3.63, 3.8) is 0 Å². The average molecular weight is 391 g/mol. The van der Waals surface area contributed by atoms with Gasteiger partial charge in [0.25, 0.3) is 17.0 Å². The highest BCUT2D eigenvalue weighted by atomic mass is 16.2. The Hall–Kier alpha value is -4.08. The number of carbonyl (C=O) groups is 1. The molecule has 0 atom stereocenters. The molecule has 29 heavy (non-hydrogen) atoms. The summed E-state index contributed by atoms with van der Waals surface area (Å²) in [5, 5.41) is 8.59. The first-order chi connectivity index (χ1) is 14.1. The summed E-state index contributed by atoms with van der Waals surface area (Å²) in [7, 11) is 0. The SMILES string of the molecule is CCn1c(NNC(=O)Cn2nnc3ccccc3c2=O)nc2ccccc2c1=O. The van der Waals surface area contributed by atoms with E-state index in [0.717, 1.165) is 4.68 Å². The first-order valence-corrected chi connectivity index (χ1v) is 8.95. The summed E-state index contributed by atoms with van der Waals surface area (Å²) in [5.41, 5.74) is 5.45. The van der Waals surface area contributed by atoms with E-state index >= 15 is 0 Å². The minimum Gasteiger partial charge on any atom is -0.277 e. The summed E-state index contributed by atoms with van der Waals surface area (Å²) >= 11 is 0. The van der Waals surface area contributed by atoms with Crippen LogP contribution in [0, 0.1) is 0 Å². The highest BCUT2D eigenvalue weighted by Gasteiger charge is 2.12. The van der Waals surface area contributed by atoms with Crippen LogP contribution < -0.4 is 22.0 Å². The number of nitrogens with zero attached hydrogens (tertiary/aromatic N) is 5. The molecule has 2 aromatic heterocycles. The van der Waals surface area contributed by atoms with Crippen LogP contribution in [0.3, 0.4) is 0 Å². The second kappa shape index (κ2) is 7.50. The highest BCUT2D eigenvalue weighted by Crippen LogP contribution is 2.10. The third kappa shape index (κ3) is 3.43. The number of amides is 1. The molecule has 0 fully saturated rings. The Labute approximate surface area is 163 Å². The van der Waals surface area contributed by atoms with Gasteiger partial charge in [0, 0.05) is 6.54 Å². The van der Waals surface area contributed by atoms with Crippen molar-refractivity contribution in [1.82, 2.24) is 30.0 Å². The molecule has 10 nitrogen and oxygen atoms in total. The summed E-state index contributed by atoms with van der Waals surface area (Å²) in [5.74, 6) is -0.344. The standard InChI is InChI=1S/C19H17N7O3/c1-2-25-17(28)12-7-3-5-9-14(12)20-19(25)23-22-16(27)11-26-18(29)13-8-4-6-10-15(13)21-24-26/h3-10H,2,11H2,1H3,(H,20,23)(H,22,27). The van der Waals surface area contributed by atoms with Crippen LogP contribution in [0.2, 0.25) is 0 Å². The predicted molar refractivity (Wildman–Crippen MR) is 107 cm³/mol. The molecule has 2 N–H and O–H groups in total. The first-order valence-electron chi connectivity index (χ1n) is 8.95. The number of rotatable bonds is 5. The van der Waals surface area contributed by atoms with Crippen LogP contribution in [0.4, 0.5) is 5.95 Å². The lowest BCUT2D eigenvalue weighted by Gasteiger charge is -2.14. The minimum absolute atomic E-state index is 0.196. The van der Waals surface area contributed by atoms with Crippen molar-refractivity contribution < 1.29 is 4.79 Å². The number of nitrogens with one attached hydrogen (secondary N) is 2. The van der Waals surface area contributed by atoms with Gasteiger partial charge in [-0.25, -0.2) is 9.67 Å². The Morgan fingerprint density at radius 2 is 1.62 bits per heavy atom. The van der Waals surface area contributed by atoms with Gasteiger partial charge in [0.2, 0.25) is 5.95 Å². The van der Waals surface area contributed by atoms with Gasteiger partial charge >= 0.3 is 0 Å². The molecule has 0 aliphatic carbocycles. The Morgan fingerprint density at radius 3 is 2.34 bits per heavy atom. The fourth-order valence-electron chi connectivity index (χ4n) is 2.98. The van der Waals surface area contributed by atoms with Gasteiger partial charge in [0.15, 0.2) is 0 Å². The molecule has 0 saturated carbocycles. The number of aromatic nitrogens is 5. The third-order valence-electron chi connectivity index (χ3n) is 4.41. The zero-order chi connectivity index (χ0) is 20.4. The average Bonchev–Trinajstić information content (AvgIpc) is 2.74. The van der Waals surface area contributed by atoms with Crippen LogP contribution >= 0.6 is 0 Å². The molecule has 2 aromatic carbocycles. The molecule has 0 spiro atoms. The number of hydrogen-bond donors (Lipinski definition) is 2. The lowest BCUT2D eigenvalue weighted by atomic mass is 10.2. The van der Waals surface area contributed by atoms with Crippen molar-refractivity contribution in [3.8, 4) is 0 Å². The number of anilines is 1. The summed E-state index contributed by atoms with van der Waals surface area (Å²) in [4.78, 5) is 41.7. The van der Waals surface area contributed by atoms with Crippen molar-refractivity contribution in [2.24, 2.45) is 0 Å². The Morgan fingerprint density at radius 1 is 0.966 bits per heavy atom. The van der Waals surface area contributed by atoms with Crippen molar-refractivity contribution in [1.29, 1.82) is 0 Å². The van der Waals surface area contributed by atoms with Gasteiger partial charge in [0.05, 0.1) is 16.3 Å². The molecule has 0 bridgehead atoms. The van der Waals surface area contributed by atoms with Crippen molar-refractivity contribution in [3.05, 3.63) is 69.2 Å². The lowest BCUT2D eigenvalue weighted by molar-refractivity contribution is -0.121. The van der Waals surface area contributed by atoms with E-state index in [1.807, 2.05) is 0 Å². The maximum absolute atomic E-state index is 12.6. The van der Waals surface area contributed by atoms with Gasteiger partial charge in [-0.2, -0.15) is 0 Å². The largest absolute Gasteiger partial charge is 0.278 e. The quantitative estimate of drug-likeness (QED) is 0.479. The van der Waals surface area contributed by atoms with E-state index in [1.54, 1.807) is 55.5 Å². The molecule has 146 valence electrons. The molecular formula is C19H17N7O3. The normalized spacial score (nSPS) is 10.9. The number of hydrazine groups is 1. The topological polar surface area (TPSA) is 124 Å². The minimum atomic E-state index is -0.540. The number of hydrogen-bond acceptors (Lipinski definition) is 7. The molecule has 1 amide bonds. The smallest absolute Gasteiger partial charge is 0.277 e. The predicted octanol–water partition coefficient (Wildman–Crippen LogP) is 0.665. The molecule has 0 unspecified atom stereocenters. The molecular weight excluding hydrogens is 374 g/mol. The van der Waals surface area contributed by atoms with E-state index < -0.39 is 11.5 Å². The second-order valence-corrected chi connectivity index (χ2v) is 6.24. The molecule has 4 aromatic rings. The van der Waals surface area contributed by atoms with E-state index in [9.17, 15) is 14.4 Å². The second-order valence-electron chi connectivity index (χ2n) is 6.24. The first kappa shape index (κ1) is 18.3. The number of benzene rings is 2. The zero-order valence-corrected chi connectivity index (χ0v) is 15.5. The van der Waals surface area contributed by atoms with Crippen LogP contribution in [-0.2, 0) is 17.9 Å². The van der Waals surface area contributed by atoms with Crippen LogP contribution in [0.25, 0.3) is 21.8 Å². The maximum atomic E-state index is 12.6. The monoisotopic (exact) mass is 391 g/mol. The summed E-state index contributed by atoms with van der Waals surface area (Å²) in [6.07, 6.45) is 0. The number of para-hydroxylation sites is 1. The van der Waals surface area contributed by atoms with Gasteiger partial charge in [0.1, 0.15) is 12.1 Å². The van der Waals surface area contributed by atoms with Crippen LogP contribution in [0.5, 0.6) is 0 Å². The van der Waals surface area contributed by atoms with Gasteiger partial charge < -0.3 is 0 Å². The van der Waals surface area contributed by atoms with Crippen molar-refractivity contribution in [2.75, 3.05) is 5.43 Å².